The number of rotatable bonds is 9. The van der Waals surface area contributed by atoms with E-state index in [2.05, 4.69) is 20.9 Å². The summed E-state index contributed by atoms with van der Waals surface area (Å²) in [4.78, 5) is 15.9. The lowest BCUT2D eigenvalue weighted by molar-refractivity contribution is -0.119. The molecule has 0 aliphatic carbocycles. The van der Waals surface area contributed by atoms with Gasteiger partial charge in [-0.1, -0.05) is 23.7 Å². The molecule has 8 heteroatoms. The summed E-state index contributed by atoms with van der Waals surface area (Å²) in [5.74, 6) is 0.500. The van der Waals surface area contributed by atoms with E-state index in [1.807, 2.05) is 31.2 Å². The lowest BCUT2D eigenvalue weighted by Crippen LogP contribution is -2.39. The standard InChI is InChI=1S/C16H25ClN4O2.HI/c1-3-18-16(21-12-15(22)19-10-11-23-2)20-9-8-13-4-6-14(17)7-5-13;/h4-7H,3,8-12H2,1-2H3,(H,19,22)(H2,18,20,21);1H. The van der Waals surface area contributed by atoms with Crippen LogP contribution < -0.4 is 16.0 Å². The van der Waals surface area contributed by atoms with E-state index < -0.39 is 0 Å². The lowest BCUT2D eigenvalue weighted by Gasteiger charge is -2.11. The third-order valence-corrected chi connectivity index (χ3v) is 3.22. The quantitative estimate of drug-likeness (QED) is 0.224. The van der Waals surface area contributed by atoms with E-state index in [9.17, 15) is 4.79 Å². The van der Waals surface area contributed by atoms with Crippen LogP contribution in [0.25, 0.3) is 0 Å². The monoisotopic (exact) mass is 468 g/mol. The van der Waals surface area contributed by atoms with Crippen LogP contribution >= 0.6 is 35.6 Å². The molecule has 0 unspecified atom stereocenters. The topological polar surface area (TPSA) is 74.8 Å². The van der Waals surface area contributed by atoms with Crippen LogP contribution in [-0.4, -0.2) is 51.8 Å². The molecule has 0 radical (unpaired) electrons. The molecule has 136 valence electrons. The molecule has 24 heavy (non-hydrogen) atoms. The molecule has 0 atom stereocenters. The second-order valence-corrected chi connectivity index (χ2v) is 5.28. The van der Waals surface area contributed by atoms with Crippen molar-refractivity contribution in [2.24, 2.45) is 4.99 Å². The Balaban J connectivity index is 0.00000529. The van der Waals surface area contributed by atoms with Crippen LogP contribution in [0.5, 0.6) is 0 Å². The second kappa shape index (κ2) is 14.3. The minimum absolute atomic E-state index is 0. The Morgan fingerprint density at radius 3 is 2.50 bits per heavy atom. The van der Waals surface area contributed by atoms with Gasteiger partial charge in [-0.3, -0.25) is 4.79 Å². The van der Waals surface area contributed by atoms with Gasteiger partial charge < -0.3 is 20.7 Å². The maximum absolute atomic E-state index is 11.6. The molecule has 6 nitrogen and oxygen atoms in total. The molecular weight excluding hydrogens is 443 g/mol. The van der Waals surface area contributed by atoms with E-state index >= 15 is 0 Å². The van der Waals surface area contributed by atoms with Gasteiger partial charge in [-0.05, 0) is 31.0 Å². The number of carbonyl (C=O) groups is 1. The summed E-state index contributed by atoms with van der Waals surface area (Å²) in [6.45, 7) is 4.51. The summed E-state index contributed by atoms with van der Waals surface area (Å²) in [7, 11) is 1.60. The second-order valence-electron chi connectivity index (χ2n) is 4.84. The number of carbonyl (C=O) groups excluding carboxylic acids is 1. The van der Waals surface area contributed by atoms with E-state index in [1.54, 1.807) is 7.11 Å². The molecule has 3 N–H and O–H groups in total. The Morgan fingerprint density at radius 2 is 1.88 bits per heavy atom. The Hall–Kier alpha value is -1.06. The third kappa shape index (κ3) is 10.7. The minimum atomic E-state index is -0.128. The van der Waals surface area contributed by atoms with E-state index in [0.717, 1.165) is 24.5 Å². The van der Waals surface area contributed by atoms with Crippen molar-refractivity contribution in [1.82, 2.24) is 16.0 Å². The van der Waals surface area contributed by atoms with Crippen LogP contribution in [0.2, 0.25) is 5.02 Å². The Morgan fingerprint density at radius 1 is 1.17 bits per heavy atom. The number of nitrogens with one attached hydrogen (secondary N) is 3. The van der Waals surface area contributed by atoms with Crippen LogP contribution in [0.3, 0.4) is 0 Å². The number of methoxy groups -OCH3 is 1. The van der Waals surface area contributed by atoms with E-state index in [1.165, 1.54) is 5.56 Å². The van der Waals surface area contributed by atoms with Gasteiger partial charge in [-0.25, -0.2) is 4.99 Å². The molecule has 0 saturated heterocycles. The van der Waals surface area contributed by atoms with Gasteiger partial charge in [0.25, 0.3) is 0 Å². The molecule has 1 amide bonds. The SMILES string of the molecule is CCNC(=NCC(=O)NCCOC)NCCc1ccc(Cl)cc1.I. The van der Waals surface area contributed by atoms with Crippen molar-refractivity contribution in [3.05, 3.63) is 34.9 Å². The summed E-state index contributed by atoms with van der Waals surface area (Å²) < 4.78 is 4.88. The van der Waals surface area contributed by atoms with Crippen LogP contribution in [-0.2, 0) is 16.0 Å². The van der Waals surface area contributed by atoms with Gasteiger partial charge in [-0.15, -0.1) is 24.0 Å². The summed E-state index contributed by atoms with van der Waals surface area (Å²) in [6.07, 6.45) is 0.849. The van der Waals surface area contributed by atoms with Crippen LogP contribution in [0, 0.1) is 0 Å². The molecule has 1 rings (SSSR count). The number of hydrogen-bond acceptors (Lipinski definition) is 3. The number of benzene rings is 1. The fourth-order valence-electron chi connectivity index (χ4n) is 1.82. The molecule has 0 aliphatic heterocycles. The molecule has 1 aromatic carbocycles. The zero-order chi connectivity index (χ0) is 16.9. The highest BCUT2D eigenvalue weighted by atomic mass is 127. The van der Waals surface area contributed by atoms with Gasteiger partial charge in [0.05, 0.1) is 6.61 Å². The van der Waals surface area contributed by atoms with Crippen molar-refractivity contribution in [2.75, 3.05) is 39.9 Å². The number of amides is 1. The van der Waals surface area contributed by atoms with Crippen LogP contribution in [0.1, 0.15) is 12.5 Å². The Labute approximate surface area is 165 Å². The molecule has 0 aliphatic rings. The van der Waals surface area contributed by atoms with Crippen molar-refractivity contribution in [3.63, 3.8) is 0 Å². The Bertz CT molecular complexity index is 497. The van der Waals surface area contributed by atoms with Crippen molar-refractivity contribution in [2.45, 2.75) is 13.3 Å². The molecule has 0 fully saturated rings. The van der Waals surface area contributed by atoms with Crippen LogP contribution in [0.15, 0.2) is 29.3 Å². The number of guanidine groups is 1. The van der Waals surface area contributed by atoms with Crippen molar-refractivity contribution >= 4 is 47.4 Å². The molecule has 0 bridgehead atoms. The smallest absolute Gasteiger partial charge is 0.241 e. The highest BCUT2D eigenvalue weighted by molar-refractivity contribution is 14.0. The van der Waals surface area contributed by atoms with Gasteiger partial charge in [0, 0.05) is 31.8 Å². The maximum Gasteiger partial charge on any atom is 0.241 e. The van der Waals surface area contributed by atoms with Gasteiger partial charge in [0.15, 0.2) is 5.96 Å². The summed E-state index contributed by atoms with van der Waals surface area (Å²) in [5.41, 5.74) is 1.19. The summed E-state index contributed by atoms with van der Waals surface area (Å²) in [6, 6.07) is 7.75. The van der Waals surface area contributed by atoms with E-state index in [4.69, 9.17) is 16.3 Å². The molecule has 1 aromatic rings. The zero-order valence-electron chi connectivity index (χ0n) is 14.1. The molecule has 0 saturated carbocycles. The fourth-order valence-corrected chi connectivity index (χ4v) is 1.94. The third-order valence-electron chi connectivity index (χ3n) is 2.97. The first-order chi connectivity index (χ1) is 11.2. The van der Waals surface area contributed by atoms with E-state index in [-0.39, 0.29) is 36.4 Å². The number of nitrogens with zero attached hydrogens (tertiary/aromatic N) is 1. The Kier molecular flexibility index (Phi) is 13.7. The summed E-state index contributed by atoms with van der Waals surface area (Å²) >= 11 is 5.86. The maximum atomic E-state index is 11.6. The highest BCUT2D eigenvalue weighted by Gasteiger charge is 2.02. The number of halogens is 2. The first kappa shape index (κ1) is 22.9. The number of hydrogen-bond donors (Lipinski definition) is 3. The zero-order valence-corrected chi connectivity index (χ0v) is 17.2. The number of aliphatic imine (C=N–C) groups is 1. The molecule has 0 aromatic heterocycles. The average molecular weight is 469 g/mol. The largest absolute Gasteiger partial charge is 0.383 e. The predicted octanol–water partition coefficient (Wildman–Crippen LogP) is 1.82. The molecule has 0 heterocycles. The van der Waals surface area contributed by atoms with Crippen LogP contribution in [0.4, 0.5) is 0 Å². The average Bonchev–Trinajstić information content (AvgIpc) is 2.54. The molecule has 0 spiro atoms. The highest BCUT2D eigenvalue weighted by Crippen LogP contribution is 2.09. The first-order valence-corrected chi connectivity index (χ1v) is 8.05. The fraction of sp³-hybridized carbons (Fsp3) is 0.500. The van der Waals surface area contributed by atoms with Gasteiger partial charge in [0.2, 0.25) is 5.91 Å². The lowest BCUT2D eigenvalue weighted by atomic mass is 10.1. The van der Waals surface area contributed by atoms with Gasteiger partial charge >= 0.3 is 0 Å². The number of ether oxygens (including phenoxy) is 1. The van der Waals surface area contributed by atoms with Crippen molar-refractivity contribution < 1.29 is 9.53 Å². The van der Waals surface area contributed by atoms with Crippen molar-refractivity contribution in [1.29, 1.82) is 0 Å². The first-order valence-electron chi connectivity index (χ1n) is 7.68. The minimum Gasteiger partial charge on any atom is -0.383 e. The summed E-state index contributed by atoms with van der Waals surface area (Å²) in [5, 5.41) is 9.78. The van der Waals surface area contributed by atoms with Crippen molar-refractivity contribution in [3.8, 4) is 0 Å². The molecular formula is C16H26ClIN4O2. The van der Waals surface area contributed by atoms with Gasteiger partial charge in [0.1, 0.15) is 6.54 Å². The van der Waals surface area contributed by atoms with Gasteiger partial charge in [-0.2, -0.15) is 0 Å². The predicted molar refractivity (Wildman–Crippen MR) is 109 cm³/mol. The normalized spacial score (nSPS) is 10.7. The van der Waals surface area contributed by atoms with E-state index in [0.29, 0.717) is 19.1 Å².